The third kappa shape index (κ3) is 1.98. The lowest BCUT2D eigenvalue weighted by Gasteiger charge is -2.24. The van der Waals surface area contributed by atoms with Crippen molar-refractivity contribution in [1.29, 1.82) is 0 Å². The van der Waals surface area contributed by atoms with E-state index in [2.05, 4.69) is 36.4 Å². The molecule has 1 aliphatic rings. The molecule has 1 aliphatic heterocycles. The number of nitrogens with zero attached hydrogens (tertiary/aromatic N) is 1. The van der Waals surface area contributed by atoms with E-state index in [0.717, 1.165) is 0 Å². The third-order valence-electron chi connectivity index (χ3n) is 2.46. The molecule has 1 atom stereocenters. The van der Waals surface area contributed by atoms with E-state index in [9.17, 15) is 5.21 Å². The van der Waals surface area contributed by atoms with Crippen LogP contribution in [0, 0.1) is 17.4 Å². The molecule has 1 unspecified atom stereocenters. The molecule has 0 amide bonds. The monoisotopic (exact) mass is 333 g/mol. The molecule has 2 nitrogen and oxygen atoms in total. The van der Waals surface area contributed by atoms with Gasteiger partial charge < -0.3 is 0 Å². The van der Waals surface area contributed by atoms with E-state index < -0.39 is 0 Å². The lowest BCUT2D eigenvalue weighted by atomic mass is 10.1. The first-order chi connectivity index (χ1) is 7.11. The molecule has 80 valence electrons. The van der Waals surface area contributed by atoms with Crippen LogP contribution in [0.5, 0.6) is 0 Å². The van der Waals surface area contributed by atoms with Gasteiger partial charge in [0.05, 0.1) is 0 Å². The SMILES string of the molecule is Cc1sc(C)c(C2C=CC=CN2O)c1I. The highest BCUT2D eigenvalue weighted by atomic mass is 127. The van der Waals surface area contributed by atoms with Crippen LogP contribution in [0.15, 0.2) is 24.4 Å². The largest absolute Gasteiger partial charge is 0.288 e. The molecule has 0 saturated heterocycles. The van der Waals surface area contributed by atoms with Crippen LogP contribution in [0.4, 0.5) is 0 Å². The molecule has 4 heteroatoms. The maximum Gasteiger partial charge on any atom is 0.101 e. The Morgan fingerprint density at radius 1 is 1.33 bits per heavy atom. The minimum absolute atomic E-state index is 0.0353. The Kier molecular flexibility index (Phi) is 3.18. The molecular weight excluding hydrogens is 321 g/mol. The molecule has 0 saturated carbocycles. The Labute approximate surface area is 107 Å². The molecule has 2 heterocycles. The highest BCUT2D eigenvalue weighted by Crippen LogP contribution is 2.36. The zero-order valence-corrected chi connectivity index (χ0v) is 11.5. The molecule has 0 bridgehead atoms. The predicted octanol–water partition coefficient (Wildman–Crippen LogP) is 3.79. The van der Waals surface area contributed by atoms with Crippen LogP contribution < -0.4 is 0 Å². The van der Waals surface area contributed by atoms with E-state index in [1.807, 2.05) is 18.2 Å². The van der Waals surface area contributed by atoms with Crippen LogP contribution in [-0.4, -0.2) is 10.3 Å². The Morgan fingerprint density at radius 3 is 2.60 bits per heavy atom. The van der Waals surface area contributed by atoms with Gasteiger partial charge in [-0.1, -0.05) is 12.2 Å². The topological polar surface area (TPSA) is 23.5 Å². The van der Waals surface area contributed by atoms with Crippen molar-refractivity contribution in [1.82, 2.24) is 5.06 Å². The zero-order valence-electron chi connectivity index (χ0n) is 8.57. The Morgan fingerprint density at radius 2 is 2.07 bits per heavy atom. The summed E-state index contributed by atoms with van der Waals surface area (Å²) in [6.07, 6.45) is 7.50. The average molecular weight is 333 g/mol. The van der Waals surface area contributed by atoms with Gasteiger partial charge in [0.2, 0.25) is 0 Å². The quantitative estimate of drug-likeness (QED) is 0.791. The molecule has 0 radical (unpaired) electrons. The molecule has 1 N–H and O–H groups in total. The van der Waals surface area contributed by atoms with Crippen LogP contribution in [0.3, 0.4) is 0 Å². The highest BCUT2D eigenvalue weighted by molar-refractivity contribution is 14.1. The van der Waals surface area contributed by atoms with Gasteiger partial charge >= 0.3 is 0 Å². The van der Waals surface area contributed by atoms with Crippen LogP contribution in [-0.2, 0) is 0 Å². The third-order valence-corrected chi connectivity index (χ3v) is 5.25. The van der Waals surface area contributed by atoms with Crippen LogP contribution in [0.1, 0.15) is 21.4 Å². The van der Waals surface area contributed by atoms with Crippen LogP contribution >= 0.6 is 33.9 Å². The first-order valence-corrected chi connectivity index (χ1v) is 6.58. The summed E-state index contributed by atoms with van der Waals surface area (Å²) in [4.78, 5) is 2.60. The standard InChI is InChI=1S/C11H12INOS/c1-7-10(11(12)8(2)15-7)9-5-3-4-6-13(9)14/h3-6,9,14H,1-2H3. The average Bonchev–Trinajstić information content (AvgIpc) is 2.43. The van der Waals surface area contributed by atoms with Crippen molar-refractivity contribution in [2.24, 2.45) is 0 Å². The first-order valence-electron chi connectivity index (χ1n) is 4.69. The first kappa shape index (κ1) is 11.2. The molecule has 2 rings (SSSR count). The highest BCUT2D eigenvalue weighted by Gasteiger charge is 2.22. The summed E-state index contributed by atoms with van der Waals surface area (Å²) in [7, 11) is 0. The van der Waals surface area contributed by atoms with Gasteiger partial charge in [0, 0.05) is 25.1 Å². The van der Waals surface area contributed by atoms with Gasteiger partial charge in [-0.3, -0.25) is 10.3 Å². The molecule has 0 fully saturated rings. The van der Waals surface area contributed by atoms with Gasteiger partial charge in [-0.15, -0.1) is 11.3 Å². The summed E-state index contributed by atoms with van der Waals surface area (Å²) in [5.41, 5.74) is 1.22. The van der Waals surface area contributed by atoms with Crippen molar-refractivity contribution in [2.45, 2.75) is 19.9 Å². The second-order valence-electron chi connectivity index (χ2n) is 3.49. The fourth-order valence-corrected chi connectivity index (χ4v) is 3.96. The fourth-order valence-electron chi connectivity index (χ4n) is 1.73. The van der Waals surface area contributed by atoms with E-state index in [1.54, 1.807) is 17.5 Å². The van der Waals surface area contributed by atoms with E-state index in [0.29, 0.717) is 0 Å². The van der Waals surface area contributed by atoms with E-state index in [1.165, 1.54) is 24.0 Å². The maximum atomic E-state index is 9.78. The number of hydrogen-bond donors (Lipinski definition) is 1. The molecule has 1 aromatic heterocycles. The number of halogens is 1. The molecule has 0 spiro atoms. The van der Waals surface area contributed by atoms with E-state index in [4.69, 9.17) is 0 Å². The van der Waals surface area contributed by atoms with Crippen molar-refractivity contribution >= 4 is 33.9 Å². The Balaban J connectivity index is 2.45. The lowest BCUT2D eigenvalue weighted by molar-refractivity contribution is -0.0672. The normalized spacial score (nSPS) is 20.0. The molecule has 15 heavy (non-hydrogen) atoms. The number of aryl methyl sites for hydroxylation is 2. The number of hydroxylamine groups is 2. The predicted molar refractivity (Wildman–Crippen MR) is 71.2 cm³/mol. The maximum absolute atomic E-state index is 9.78. The Bertz CT molecular complexity index is 436. The summed E-state index contributed by atoms with van der Waals surface area (Å²) in [5.74, 6) is 0. The second kappa shape index (κ2) is 4.27. The van der Waals surface area contributed by atoms with Crippen molar-refractivity contribution in [3.63, 3.8) is 0 Å². The smallest absolute Gasteiger partial charge is 0.101 e. The van der Waals surface area contributed by atoms with Crippen molar-refractivity contribution in [3.05, 3.63) is 43.3 Å². The van der Waals surface area contributed by atoms with Crippen LogP contribution in [0.25, 0.3) is 0 Å². The van der Waals surface area contributed by atoms with Crippen molar-refractivity contribution in [2.75, 3.05) is 0 Å². The summed E-state index contributed by atoms with van der Waals surface area (Å²) < 4.78 is 1.26. The minimum Gasteiger partial charge on any atom is -0.288 e. The van der Waals surface area contributed by atoms with Crippen molar-refractivity contribution < 1.29 is 5.21 Å². The summed E-state index contributed by atoms with van der Waals surface area (Å²) >= 11 is 4.14. The Hall–Kier alpha value is -0.330. The summed E-state index contributed by atoms with van der Waals surface area (Å²) in [6.45, 7) is 4.22. The summed E-state index contributed by atoms with van der Waals surface area (Å²) in [6, 6.07) is -0.0353. The van der Waals surface area contributed by atoms with Gasteiger partial charge in [0.25, 0.3) is 0 Å². The van der Waals surface area contributed by atoms with Crippen molar-refractivity contribution in [3.8, 4) is 0 Å². The molecule has 1 aromatic rings. The van der Waals surface area contributed by atoms with Gasteiger partial charge in [-0.25, -0.2) is 0 Å². The van der Waals surface area contributed by atoms with Crippen LogP contribution in [0.2, 0.25) is 0 Å². The van der Waals surface area contributed by atoms with E-state index in [-0.39, 0.29) is 6.04 Å². The van der Waals surface area contributed by atoms with Gasteiger partial charge in [-0.05, 0) is 42.5 Å². The van der Waals surface area contributed by atoms with Gasteiger partial charge in [-0.2, -0.15) is 0 Å². The summed E-state index contributed by atoms with van der Waals surface area (Å²) in [5, 5.41) is 11.0. The zero-order chi connectivity index (χ0) is 11.0. The lowest BCUT2D eigenvalue weighted by Crippen LogP contribution is -2.20. The van der Waals surface area contributed by atoms with Gasteiger partial charge in [0.15, 0.2) is 0 Å². The molecular formula is C11H12INOS. The minimum atomic E-state index is -0.0353. The molecule has 0 aliphatic carbocycles. The number of allylic oxidation sites excluding steroid dienone is 2. The number of thiophene rings is 1. The fraction of sp³-hybridized carbons (Fsp3) is 0.273. The van der Waals surface area contributed by atoms with E-state index >= 15 is 0 Å². The second-order valence-corrected chi connectivity index (χ2v) is 6.00. The molecule has 0 aromatic carbocycles. The number of hydrogen-bond acceptors (Lipinski definition) is 3. The number of rotatable bonds is 1. The van der Waals surface area contributed by atoms with Gasteiger partial charge in [0.1, 0.15) is 6.04 Å².